The predicted molar refractivity (Wildman–Crippen MR) is 113 cm³/mol. The van der Waals surface area contributed by atoms with Crippen molar-refractivity contribution in [3.8, 4) is 33.3 Å². The summed E-state index contributed by atoms with van der Waals surface area (Å²) in [6.45, 7) is 3.00. The van der Waals surface area contributed by atoms with E-state index in [-0.39, 0.29) is 0 Å². The molecule has 3 aromatic heterocycles. The Hall–Kier alpha value is -2.90. The Labute approximate surface area is 171 Å². The van der Waals surface area contributed by atoms with Gasteiger partial charge < -0.3 is 5.32 Å². The summed E-state index contributed by atoms with van der Waals surface area (Å²) in [5.74, 6) is 0.497. The highest BCUT2D eigenvalue weighted by atomic mass is 35.5. The number of halogens is 1. The highest BCUT2D eigenvalue weighted by Gasteiger charge is 2.14. The first-order valence-electron chi connectivity index (χ1n) is 8.85. The monoisotopic (exact) mass is 408 g/mol. The zero-order valence-electron chi connectivity index (χ0n) is 15.1. The molecule has 140 valence electrons. The first kappa shape index (κ1) is 18.5. The van der Waals surface area contributed by atoms with Gasteiger partial charge in [0.05, 0.1) is 22.5 Å². The van der Waals surface area contributed by atoms with E-state index in [1.54, 1.807) is 29.9 Å². The second-order valence-electron chi connectivity index (χ2n) is 5.99. The molecule has 0 fully saturated rings. The molecule has 0 aliphatic heterocycles. The lowest BCUT2D eigenvalue weighted by atomic mass is 10.1. The van der Waals surface area contributed by atoms with Gasteiger partial charge in [0.15, 0.2) is 11.0 Å². The topological polar surface area (TPSA) is 76.5 Å². The van der Waals surface area contributed by atoms with Gasteiger partial charge in [0, 0.05) is 35.7 Å². The molecular formula is C20H17ClN6S. The fraction of sp³-hybridized carbons (Fsp3) is 0.150. The summed E-state index contributed by atoms with van der Waals surface area (Å²) in [5, 5.41) is 4.81. The van der Waals surface area contributed by atoms with Gasteiger partial charge in [-0.05, 0) is 18.6 Å². The van der Waals surface area contributed by atoms with Gasteiger partial charge in [-0.2, -0.15) is 0 Å². The quantitative estimate of drug-likeness (QED) is 0.472. The molecule has 28 heavy (non-hydrogen) atoms. The van der Waals surface area contributed by atoms with Crippen molar-refractivity contribution in [2.45, 2.75) is 13.3 Å². The normalized spacial score (nSPS) is 10.8. The lowest BCUT2D eigenvalue weighted by molar-refractivity contribution is 0.976. The Morgan fingerprint density at radius 2 is 1.86 bits per heavy atom. The van der Waals surface area contributed by atoms with E-state index < -0.39 is 0 Å². The van der Waals surface area contributed by atoms with E-state index in [0.717, 1.165) is 39.9 Å². The standard InChI is InChI=1S/C20H17ClN6S/c1-2-7-24-20-25-12-18(28-20)16-10-15(13-5-3-4-6-14(13)21)26-19(27-16)17-11-22-8-9-23-17/h3-6,8-12H,2,7H2,1H3,(H,24,25). The van der Waals surface area contributed by atoms with Crippen LogP contribution in [-0.2, 0) is 0 Å². The van der Waals surface area contributed by atoms with Crippen LogP contribution in [-0.4, -0.2) is 31.5 Å². The predicted octanol–water partition coefficient (Wildman–Crippen LogP) is 5.20. The zero-order chi connectivity index (χ0) is 19.3. The minimum Gasteiger partial charge on any atom is -0.362 e. The Balaban J connectivity index is 1.83. The summed E-state index contributed by atoms with van der Waals surface area (Å²) in [7, 11) is 0. The summed E-state index contributed by atoms with van der Waals surface area (Å²) < 4.78 is 0. The van der Waals surface area contributed by atoms with Gasteiger partial charge in [-0.1, -0.05) is 48.1 Å². The second-order valence-corrected chi connectivity index (χ2v) is 7.43. The molecule has 3 heterocycles. The van der Waals surface area contributed by atoms with Crippen LogP contribution in [0.4, 0.5) is 5.13 Å². The van der Waals surface area contributed by atoms with E-state index in [1.807, 2.05) is 36.5 Å². The van der Waals surface area contributed by atoms with Crippen molar-refractivity contribution < 1.29 is 0 Å². The maximum atomic E-state index is 6.41. The minimum absolute atomic E-state index is 0.497. The molecule has 4 aromatic rings. The molecule has 0 amide bonds. The lowest BCUT2D eigenvalue weighted by Crippen LogP contribution is -1.98. The molecule has 0 radical (unpaired) electrons. The number of aromatic nitrogens is 5. The number of nitrogens with zero attached hydrogens (tertiary/aromatic N) is 5. The Kier molecular flexibility index (Phi) is 5.55. The third-order valence-corrected chi connectivity index (χ3v) is 5.26. The van der Waals surface area contributed by atoms with E-state index in [2.05, 4.69) is 32.2 Å². The molecule has 0 aliphatic carbocycles. The summed E-state index contributed by atoms with van der Waals surface area (Å²) >= 11 is 7.97. The molecule has 0 unspecified atom stereocenters. The van der Waals surface area contributed by atoms with E-state index in [0.29, 0.717) is 16.5 Å². The molecule has 0 saturated carbocycles. The van der Waals surface area contributed by atoms with Crippen molar-refractivity contribution in [1.29, 1.82) is 0 Å². The smallest absolute Gasteiger partial charge is 0.183 e. The van der Waals surface area contributed by atoms with Crippen molar-refractivity contribution >= 4 is 28.1 Å². The number of benzene rings is 1. The Morgan fingerprint density at radius 1 is 1.00 bits per heavy atom. The molecule has 0 aliphatic rings. The lowest BCUT2D eigenvalue weighted by Gasteiger charge is -2.08. The number of nitrogens with one attached hydrogen (secondary N) is 1. The number of thiazole rings is 1. The van der Waals surface area contributed by atoms with Crippen molar-refractivity contribution in [2.24, 2.45) is 0 Å². The number of hydrogen-bond donors (Lipinski definition) is 1. The highest BCUT2D eigenvalue weighted by molar-refractivity contribution is 7.18. The van der Waals surface area contributed by atoms with Crippen molar-refractivity contribution in [1.82, 2.24) is 24.9 Å². The Bertz CT molecular complexity index is 1080. The fourth-order valence-electron chi connectivity index (χ4n) is 2.62. The van der Waals surface area contributed by atoms with Gasteiger partial charge >= 0.3 is 0 Å². The molecule has 8 heteroatoms. The van der Waals surface area contributed by atoms with Crippen LogP contribution < -0.4 is 5.32 Å². The van der Waals surface area contributed by atoms with E-state index in [4.69, 9.17) is 16.6 Å². The van der Waals surface area contributed by atoms with Gasteiger partial charge in [-0.15, -0.1) is 0 Å². The number of rotatable bonds is 6. The van der Waals surface area contributed by atoms with Crippen LogP contribution in [0.5, 0.6) is 0 Å². The van der Waals surface area contributed by atoms with Crippen LogP contribution >= 0.6 is 22.9 Å². The number of anilines is 1. The van der Waals surface area contributed by atoms with E-state index in [1.165, 1.54) is 0 Å². The zero-order valence-corrected chi connectivity index (χ0v) is 16.7. The van der Waals surface area contributed by atoms with Crippen molar-refractivity contribution in [2.75, 3.05) is 11.9 Å². The van der Waals surface area contributed by atoms with Gasteiger partial charge in [0.25, 0.3) is 0 Å². The fourth-order valence-corrected chi connectivity index (χ4v) is 3.65. The summed E-state index contributed by atoms with van der Waals surface area (Å²) in [4.78, 5) is 23.3. The average molecular weight is 409 g/mol. The first-order valence-corrected chi connectivity index (χ1v) is 10.0. The van der Waals surface area contributed by atoms with Crippen LogP contribution in [0.25, 0.3) is 33.3 Å². The van der Waals surface area contributed by atoms with Gasteiger partial charge in [0.1, 0.15) is 5.69 Å². The molecule has 0 spiro atoms. The van der Waals surface area contributed by atoms with E-state index in [9.17, 15) is 0 Å². The van der Waals surface area contributed by atoms with Crippen LogP contribution in [0.2, 0.25) is 5.02 Å². The highest BCUT2D eigenvalue weighted by Crippen LogP contribution is 2.33. The molecule has 1 aromatic carbocycles. The van der Waals surface area contributed by atoms with Crippen LogP contribution in [0.15, 0.2) is 55.1 Å². The van der Waals surface area contributed by atoms with E-state index >= 15 is 0 Å². The maximum absolute atomic E-state index is 6.41. The molecule has 4 rings (SSSR count). The summed E-state index contributed by atoms with van der Waals surface area (Å²) in [6, 6.07) is 9.55. The average Bonchev–Trinajstić information content (AvgIpc) is 3.22. The summed E-state index contributed by atoms with van der Waals surface area (Å²) in [5.41, 5.74) is 2.94. The van der Waals surface area contributed by atoms with Crippen LogP contribution in [0.3, 0.4) is 0 Å². The third-order valence-electron chi connectivity index (χ3n) is 3.95. The molecule has 0 saturated heterocycles. The largest absolute Gasteiger partial charge is 0.362 e. The van der Waals surface area contributed by atoms with Gasteiger partial charge in [-0.3, -0.25) is 4.98 Å². The van der Waals surface area contributed by atoms with Crippen LogP contribution in [0, 0.1) is 0 Å². The number of hydrogen-bond acceptors (Lipinski definition) is 7. The first-order chi connectivity index (χ1) is 13.7. The van der Waals surface area contributed by atoms with Crippen molar-refractivity contribution in [3.63, 3.8) is 0 Å². The SMILES string of the molecule is CCCNc1ncc(-c2cc(-c3ccccc3Cl)nc(-c3cnccn3)n2)s1. The van der Waals surface area contributed by atoms with Crippen molar-refractivity contribution in [3.05, 3.63) is 60.1 Å². The molecule has 0 bridgehead atoms. The molecular weight excluding hydrogens is 392 g/mol. The molecule has 6 nitrogen and oxygen atoms in total. The third kappa shape index (κ3) is 4.00. The van der Waals surface area contributed by atoms with Gasteiger partial charge in [-0.25, -0.2) is 19.9 Å². The molecule has 1 N–H and O–H groups in total. The van der Waals surface area contributed by atoms with Crippen LogP contribution in [0.1, 0.15) is 13.3 Å². The Morgan fingerprint density at radius 3 is 2.64 bits per heavy atom. The second kappa shape index (κ2) is 8.41. The summed E-state index contributed by atoms with van der Waals surface area (Å²) in [6.07, 6.45) is 7.76. The molecule has 0 atom stereocenters. The minimum atomic E-state index is 0.497. The maximum Gasteiger partial charge on any atom is 0.183 e. The van der Waals surface area contributed by atoms with Gasteiger partial charge in [0.2, 0.25) is 0 Å².